The molecule has 0 aliphatic rings. The summed E-state index contributed by atoms with van der Waals surface area (Å²) in [5, 5.41) is 2.46. The summed E-state index contributed by atoms with van der Waals surface area (Å²) in [4.78, 5) is 15.5. The van der Waals surface area contributed by atoms with Crippen LogP contribution < -0.4 is 0 Å². The minimum Gasteiger partial charge on any atom is -0.260 e. The lowest BCUT2D eigenvalue weighted by Crippen LogP contribution is -2.28. The van der Waals surface area contributed by atoms with Crippen LogP contribution in [0.3, 0.4) is 0 Å². The highest BCUT2D eigenvalue weighted by Crippen LogP contribution is 2.46. The van der Waals surface area contributed by atoms with Gasteiger partial charge in [-0.25, -0.2) is 4.98 Å². The second-order valence-corrected chi connectivity index (χ2v) is 13.9. The summed E-state index contributed by atoms with van der Waals surface area (Å²) in [6, 6.07) is 51.6. The van der Waals surface area contributed by atoms with E-state index in [0.717, 1.165) is 33.9 Å². The Morgan fingerprint density at radius 3 is 1.73 bits per heavy atom. The number of pyridine rings is 3. The summed E-state index contributed by atoms with van der Waals surface area (Å²) in [5.41, 5.74) is 8.66. The Hall–Kier alpha value is -5.45. The minimum absolute atomic E-state index is 0.479. The fourth-order valence-corrected chi connectivity index (χ4v) is 8.33. The van der Waals surface area contributed by atoms with E-state index in [4.69, 9.17) is 15.0 Å². The molecule has 0 saturated heterocycles. The van der Waals surface area contributed by atoms with Gasteiger partial charge < -0.3 is 0 Å². The molecule has 0 fully saturated rings. The van der Waals surface area contributed by atoms with E-state index in [0.29, 0.717) is 0 Å². The van der Waals surface area contributed by atoms with Crippen molar-refractivity contribution in [2.45, 2.75) is 31.6 Å². The third-order valence-electron chi connectivity index (χ3n) is 9.86. The molecule has 4 aromatic carbocycles. The van der Waals surface area contributed by atoms with Gasteiger partial charge in [0.25, 0.3) is 0 Å². The number of aryl methyl sites for hydroxylation is 1. The summed E-state index contributed by atoms with van der Waals surface area (Å²) < 4.78 is 2.44. The number of hydrogen-bond acceptors (Lipinski definition) is 4. The monoisotopic (exact) mass is 637 g/mol. The van der Waals surface area contributed by atoms with Gasteiger partial charge in [0.1, 0.15) is 0 Å². The molecule has 4 aromatic heterocycles. The molecule has 0 spiro atoms. The Kier molecular flexibility index (Phi) is 7.46. The molecule has 8 aromatic rings. The van der Waals surface area contributed by atoms with Crippen molar-refractivity contribution in [1.82, 2.24) is 15.0 Å². The molecular weight excluding hydrogens is 603 g/mol. The van der Waals surface area contributed by atoms with Crippen LogP contribution in [0.5, 0.6) is 0 Å². The molecule has 0 amide bonds. The molecule has 0 radical (unpaired) electrons. The van der Waals surface area contributed by atoms with Crippen molar-refractivity contribution in [3.8, 4) is 11.3 Å². The maximum absolute atomic E-state index is 5.66. The summed E-state index contributed by atoms with van der Waals surface area (Å²) >= 11 is 1.82. The maximum atomic E-state index is 5.66. The van der Waals surface area contributed by atoms with Crippen LogP contribution in [-0.2, 0) is 10.8 Å². The van der Waals surface area contributed by atoms with E-state index in [-0.39, 0.29) is 0 Å². The number of hydrogen-bond donors (Lipinski definition) is 0. The predicted octanol–water partition coefficient (Wildman–Crippen LogP) is 10.9. The zero-order chi connectivity index (χ0) is 32.7. The molecule has 3 nitrogen and oxygen atoms in total. The van der Waals surface area contributed by atoms with E-state index in [1.165, 1.54) is 36.9 Å². The van der Waals surface area contributed by atoms with Gasteiger partial charge in [-0.15, -0.1) is 11.3 Å². The van der Waals surface area contributed by atoms with E-state index in [1.54, 1.807) is 0 Å². The molecule has 1 unspecified atom stereocenters. The van der Waals surface area contributed by atoms with Gasteiger partial charge in [-0.1, -0.05) is 103 Å². The highest BCUT2D eigenvalue weighted by Gasteiger charge is 2.36. The zero-order valence-electron chi connectivity index (χ0n) is 27.3. The first-order chi connectivity index (χ1) is 23.5. The number of thiophene rings is 1. The summed E-state index contributed by atoms with van der Waals surface area (Å²) in [7, 11) is 0. The van der Waals surface area contributed by atoms with Crippen molar-refractivity contribution < 1.29 is 0 Å². The van der Waals surface area contributed by atoms with Crippen molar-refractivity contribution in [3.05, 3.63) is 197 Å². The molecule has 0 bridgehead atoms. The fraction of sp³-hybridized carbons (Fsp3) is 0.114. The summed E-state index contributed by atoms with van der Waals surface area (Å²) in [5.74, 6) is 0. The third-order valence-corrected chi connectivity index (χ3v) is 11.1. The van der Waals surface area contributed by atoms with E-state index in [2.05, 4.69) is 154 Å². The highest BCUT2D eigenvalue weighted by molar-refractivity contribution is 7.26. The second kappa shape index (κ2) is 12.0. The van der Waals surface area contributed by atoms with Crippen LogP contribution in [0.1, 0.15) is 53.2 Å². The van der Waals surface area contributed by atoms with Crippen LogP contribution >= 0.6 is 11.3 Å². The number of benzene rings is 4. The molecule has 0 aliphatic carbocycles. The van der Waals surface area contributed by atoms with Crippen molar-refractivity contribution in [2.24, 2.45) is 0 Å². The first-order valence-corrected chi connectivity index (χ1v) is 17.2. The molecule has 0 N–H and O–H groups in total. The predicted molar refractivity (Wildman–Crippen MR) is 200 cm³/mol. The van der Waals surface area contributed by atoms with Crippen LogP contribution in [-0.4, -0.2) is 15.0 Å². The van der Waals surface area contributed by atoms with E-state index in [9.17, 15) is 0 Å². The lowest BCUT2D eigenvalue weighted by Gasteiger charge is -2.32. The van der Waals surface area contributed by atoms with Gasteiger partial charge in [-0.2, -0.15) is 0 Å². The Morgan fingerprint density at radius 2 is 1.08 bits per heavy atom. The van der Waals surface area contributed by atoms with Gasteiger partial charge in [-0.3, -0.25) is 9.97 Å². The number of rotatable bonds is 7. The molecular formula is C44H35N3S. The van der Waals surface area contributed by atoms with Gasteiger partial charge in [-0.05, 0) is 86.0 Å². The van der Waals surface area contributed by atoms with Gasteiger partial charge in [0, 0.05) is 33.4 Å². The van der Waals surface area contributed by atoms with Crippen LogP contribution in [0.15, 0.2) is 158 Å². The van der Waals surface area contributed by atoms with Gasteiger partial charge in [0.15, 0.2) is 0 Å². The Bertz CT molecular complexity index is 2290. The topological polar surface area (TPSA) is 38.7 Å². The number of fused-ring (bicyclic) bond motifs is 3. The van der Waals surface area contributed by atoms with Gasteiger partial charge in [0.05, 0.1) is 38.3 Å². The second-order valence-electron chi connectivity index (χ2n) is 12.8. The van der Waals surface area contributed by atoms with Crippen LogP contribution in [0.2, 0.25) is 0 Å². The molecule has 4 heteroatoms. The Balaban J connectivity index is 1.44. The van der Waals surface area contributed by atoms with Crippen molar-refractivity contribution in [1.29, 1.82) is 0 Å². The molecule has 0 saturated carbocycles. The van der Waals surface area contributed by atoms with Gasteiger partial charge in [0.2, 0.25) is 0 Å². The van der Waals surface area contributed by atoms with E-state index in [1.807, 2.05) is 35.9 Å². The molecule has 2 atom stereocenters. The van der Waals surface area contributed by atoms with Crippen LogP contribution in [0, 0.1) is 6.92 Å². The van der Waals surface area contributed by atoms with Crippen molar-refractivity contribution >= 4 is 31.5 Å². The smallest absolute Gasteiger partial charge is 0.0884 e. The standard InChI is InChI=1S/C44H35N3S/c1-30-26-31(28-34(27-30)43(2,32-16-6-4-7-17-32)38-22-12-14-24-45-38)41-42-36(35-20-10-11-21-37(35)48-42)29-40(47-41)44(3,33-18-8-5-9-19-33)39-23-13-15-25-46-39/h4-29H,1-3H3/t43?,44-/m1/s1. The maximum Gasteiger partial charge on any atom is 0.0884 e. The molecule has 8 rings (SSSR count). The number of nitrogens with zero attached hydrogens (tertiary/aromatic N) is 3. The molecule has 0 aliphatic heterocycles. The first kappa shape index (κ1) is 29.9. The molecule has 4 heterocycles. The Morgan fingerprint density at radius 1 is 0.500 bits per heavy atom. The van der Waals surface area contributed by atoms with Crippen LogP contribution in [0.4, 0.5) is 0 Å². The fourth-order valence-electron chi connectivity index (χ4n) is 7.13. The lowest BCUT2D eigenvalue weighted by molar-refractivity contribution is 0.643. The van der Waals surface area contributed by atoms with E-state index >= 15 is 0 Å². The van der Waals surface area contributed by atoms with E-state index < -0.39 is 10.8 Å². The largest absolute Gasteiger partial charge is 0.260 e. The SMILES string of the molecule is Cc1cc(-c2nc([C@](C)(c3ccccc3)c3ccccn3)cc3c2sc2ccccc23)cc(C(C)(c2ccccc2)c2ccccn2)c1. The van der Waals surface area contributed by atoms with Crippen molar-refractivity contribution in [3.63, 3.8) is 0 Å². The molecule has 232 valence electrons. The third kappa shape index (κ3) is 4.92. The Labute approximate surface area is 285 Å². The average molecular weight is 638 g/mol. The summed E-state index contributed by atoms with van der Waals surface area (Å²) in [6.45, 7) is 6.73. The van der Waals surface area contributed by atoms with Gasteiger partial charge >= 0.3 is 0 Å². The quantitative estimate of drug-likeness (QED) is 0.175. The minimum atomic E-state index is -0.590. The normalized spacial score (nSPS) is 14.1. The first-order valence-electron chi connectivity index (χ1n) is 16.4. The zero-order valence-corrected chi connectivity index (χ0v) is 28.1. The lowest BCUT2D eigenvalue weighted by atomic mass is 9.72. The number of aromatic nitrogens is 3. The average Bonchev–Trinajstić information content (AvgIpc) is 3.53. The van der Waals surface area contributed by atoms with Crippen LogP contribution in [0.25, 0.3) is 31.4 Å². The molecule has 48 heavy (non-hydrogen) atoms. The van der Waals surface area contributed by atoms with Crippen molar-refractivity contribution in [2.75, 3.05) is 0 Å². The highest BCUT2D eigenvalue weighted by atomic mass is 32.1. The summed E-state index contributed by atoms with van der Waals surface area (Å²) in [6.07, 6.45) is 3.77.